The van der Waals surface area contributed by atoms with E-state index < -0.39 is 0 Å². The summed E-state index contributed by atoms with van der Waals surface area (Å²) in [5.41, 5.74) is 10.1. The molecule has 0 saturated heterocycles. The molecule has 0 saturated carbocycles. The zero-order valence-electron chi connectivity index (χ0n) is 11.3. The Bertz CT molecular complexity index is 663. The third-order valence-corrected chi connectivity index (χ3v) is 5.15. The Labute approximate surface area is 122 Å². The monoisotopic (exact) mass is 287 g/mol. The molecule has 0 amide bonds. The van der Waals surface area contributed by atoms with Gasteiger partial charge in [-0.05, 0) is 48.9 Å². The molecule has 1 aliphatic heterocycles. The first kappa shape index (κ1) is 12.1. The van der Waals surface area contributed by atoms with Crippen molar-refractivity contribution >= 4 is 16.3 Å². The van der Waals surface area contributed by atoms with Crippen LogP contribution in [0.25, 0.3) is 11.1 Å². The molecule has 0 fully saturated rings. The number of thiophene rings is 1. The molecule has 1 aliphatic carbocycles. The van der Waals surface area contributed by atoms with Crippen LogP contribution in [-0.4, -0.2) is 13.2 Å². The van der Waals surface area contributed by atoms with E-state index in [0.29, 0.717) is 13.2 Å². The van der Waals surface area contributed by atoms with E-state index in [2.05, 4.69) is 12.1 Å². The van der Waals surface area contributed by atoms with Crippen LogP contribution in [0, 0.1) is 0 Å². The molecule has 1 aromatic carbocycles. The average Bonchev–Trinajstić information content (AvgIpc) is 2.82. The molecule has 2 aromatic rings. The second-order valence-electron chi connectivity index (χ2n) is 5.31. The van der Waals surface area contributed by atoms with E-state index in [1.807, 2.05) is 6.07 Å². The van der Waals surface area contributed by atoms with Gasteiger partial charge in [-0.3, -0.25) is 0 Å². The molecule has 0 atom stereocenters. The van der Waals surface area contributed by atoms with Crippen LogP contribution >= 0.6 is 11.3 Å². The van der Waals surface area contributed by atoms with Gasteiger partial charge < -0.3 is 15.2 Å². The van der Waals surface area contributed by atoms with Crippen LogP contribution in [0.1, 0.15) is 23.3 Å². The van der Waals surface area contributed by atoms with Crippen LogP contribution in [0.2, 0.25) is 0 Å². The highest BCUT2D eigenvalue weighted by Crippen LogP contribution is 2.44. The lowest BCUT2D eigenvalue weighted by atomic mass is 9.92. The first-order valence-corrected chi connectivity index (χ1v) is 7.94. The Morgan fingerprint density at radius 2 is 1.80 bits per heavy atom. The second-order valence-corrected chi connectivity index (χ2v) is 6.45. The fourth-order valence-corrected chi connectivity index (χ4v) is 4.28. The Morgan fingerprint density at radius 3 is 2.70 bits per heavy atom. The third kappa shape index (κ3) is 1.86. The van der Waals surface area contributed by atoms with Crippen LogP contribution in [-0.2, 0) is 12.8 Å². The van der Waals surface area contributed by atoms with E-state index in [1.54, 1.807) is 11.3 Å². The molecule has 2 aliphatic rings. The maximum atomic E-state index is 6.28. The summed E-state index contributed by atoms with van der Waals surface area (Å²) in [7, 11) is 0. The molecule has 0 spiro atoms. The minimum absolute atomic E-state index is 0.619. The summed E-state index contributed by atoms with van der Waals surface area (Å²) >= 11 is 1.75. The summed E-state index contributed by atoms with van der Waals surface area (Å²) in [5.74, 6) is 1.67. The number of aryl methyl sites for hydroxylation is 1. The number of hydrogen-bond acceptors (Lipinski definition) is 4. The largest absolute Gasteiger partial charge is 0.486 e. The first-order chi connectivity index (χ1) is 9.83. The fourth-order valence-electron chi connectivity index (χ4n) is 3.10. The minimum atomic E-state index is 0.619. The van der Waals surface area contributed by atoms with Gasteiger partial charge in [0.15, 0.2) is 11.5 Å². The SMILES string of the molecule is Nc1sc2c(c1-c1ccc3c(c1)OCCO3)CCCC2. The van der Waals surface area contributed by atoms with E-state index in [9.17, 15) is 0 Å². The van der Waals surface area contributed by atoms with E-state index in [1.165, 1.54) is 35.3 Å². The highest BCUT2D eigenvalue weighted by Gasteiger charge is 2.22. The van der Waals surface area contributed by atoms with Crippen molar-refractivity contribution in [2.45, 2.75) is 25.7 Å². The Balaban J connectivity index is 1.83. The van der Waals surface area contributed by atoms with Crippen LogP contribution in [0.4, 0.5) is 5.00 Å². The Hall–Kier alpha value is -1.68. The normalized spacial score (nSPS) is 16.8. The summed E-state index contributed by atoms with van der Waals surface area (Å²) in [5, 5.41) is 0.938. The number of benzene rings is 1. The highest BCUT2D eigenvalue weighted by molar-refractivity contribution is 7.16. The van der Waals surface area contributed by atoms with Crippen molar-refractivity contribution in [1.82, 2.24) is 0 Å². The maximum absolute atomic E-state index is 6.28. The predicted molar refractivity (Wildman–Crippen MR) is 81.8 cm³/mol. The van der Waals surface area contributed by atoms with Gasteiger partial charge in [-0.25, -0.2) is 0 Å². The van der Waals surface area contributed by atoms with Gasteiger partial charge in [0.25, 0.3) is 0 Å². The molecule has 4 rings (SSSR count). The summed E-state index contributed by atoms with van der Waals surface area (Å²) in [6, 6.07) is 6.17. The van der Waals surface area contributed by atoms with Crippen LogP contribution in [0.3, 0.4) is 0 Å². The minimum Gasteiger partial charge on any atom is -0.486 e. The lowest BCUT2D eigenvalue weighted by Gasteiger charge is -2.19. The molecule has 2 heterocycles. The Morgan fingerprint density at radius 1 is 1.00 bits per heavy atom. The van der Waals surface area contributed by atoms with Crippen molar-refractivity contribution < 1.29 is 9.47 Å². The second kappa shape index (κ2) is 4.70. The van der Waals surface area contributed by atoms with Crippen LogP contribution < -0.4 is 15.2 Å². The van der Waals surface area contributed by atoms with E-state index in [-0.39, 0.29) is 0 Å². The molecule has 0 radical (unpaired) electrons. The van der Waals surface area contributed by atoms with Gasteiger partial charge in [0.1, 0.15) is 13.2 Å². The summed E-state index contributed by atoms with van der Waals surface area (Å²) in [6.07, 6.45) is 4.87. The van der Waals surface area contributed by atoms with Gasteiger partial charge in [0, 0.05) is 10.4 Å². The zero-order valence-corrected chi connectivity index (χ0v) is 12.1. The molecule has 4 heteroatoms. The quantitative estimate of drug-likeness (QED) is 0.870. The number of anilines is 1. The Kier molecular flexibility index (Phi) is 2.84. The van der Waals surface area contributed by atoms with Crippen molar-refractivity contribution in [2.24, 2.45) is 0 Å². The lowest BCUT2D eigenvalue weighted by molar-refractivity contribution is 0.171. The van der Waals surface area contributed by atoms with Crippen molar-refractivity contribution in [3.8, 4) is 22.6 Å². The zero-order chi connectivity index (χ0) is 13.5. The van der Waals surface area contributed by atoms with Gasteiger partial charge in [0.05, 0.1) is 5.00 Å². The lowest BCUT2D eigenvalue weighted by Crippen LogP contribution is -2.15. The molecule has 3 nitrogen and oxygen atoms in total. The number of rotatable bonds is 1. The topological polar surface area (TPSA) is 44.5 Å². The molecule has 0 bridgehead atoms. The molecule has 104 valence electrons. The smallest absolute Gasteiger partial charge is 0.161 e. The van der Waals surface area contributed by atoms with E-state index in [0.717, 1.165) is 28.5 Å². The number of nitrogen functional groups attached to an aromatic ring is 1. The van der Waals surface area contributed by atoms with Crippen molar-refractivity contribution in [3.63, 3.8) is 0 Å². The summed E-state index contributed by atoms with van der Waals surface area (Å²) < 4.78 is 11.3. The number of hydrogen-bond donors (Lipinski definition) is 1. The van der Waals surface area contributed by atoms with Gasteiger partial charge >= 0.3 is 0 Å². The number of ether oxygens (including phenoxy) is 2. The van der Waals surface area contributed by atoms with Crippen LogP contribution in [0.15, 0.2) is 18.2 Å². The third-order valence-electron chi connectivity index (χ3n) is 4.03. The summed E-state index contributed by atoms with van der Waals surface area (Å²) in [6.45, 7) is 1.25. The number of fused-ring (bicyclic) bond motifs is 2. The summed E-state index contributed by atoms with van der Waals surface area (Å²) in [4.78, 5) is 1.47. The van der Waals surface area contributed by atoms with Crippen LogP contribution in [0.5, 0.6) is 11.5 Å². The van der Waals surface area contributed by atoms with Crippen molar-refractivity contribution in [2.75, 3.05) is 18.9 Å². The first-order valence-electron chi connectivity index (χ1n) is 7.13. The van der Waals surface area contributed by atoms with Crippen molar-refractivity contribution in [1.29, 1.82) is 0 Å². The van der Waals surface area contributed by atoms with E-state index >= 15 is 0 Å². The fraction of sp³-hybridized carbons (Fsp3) is 0.375. The number of nitrogens with two attached hydrogens (primary N) is 1. The molecule has 2 N–H and O–H groups in total. The average molecular weight is 287 g/mol. The van der Waals surface area contributed by atoms with Gasteiger partial charge in [-0.1, -0.05) is 6.07 Å². The molecule has 1 aromatic heterocycles. The maximum Gasteiger partial charge on any atom is 0.161 e. The standard InChI is InChI=1S/C16H17NO2S/c17-16-15(11-3-1-2-4-14(11)20-16)10-5-6-12-13(9-10)19-8-7-18-12/h5-6,9H,1-4,7-8,17H2. The molecule has 0 unspecified atom stereocenters. The van der Waals surface area contributed by atoms with Crippen molar-refractivity contribution in [3.05, 3.63) is 28.6 Å². The highest BCUT2D eigenvalue weighted by atomic mass is 32.1. The van der Waals surface area contributed by atoms with Gasteiger partial charge in [0.2, 0.25) is 0 Å². The molecular formula is C16H17NO2S. The molecule has 20 heavy (non-hydrogen) atoms. The van der Waals surface area contributed by atoms with Gasteiger partial charge in [-0.2, -0.15) is 0 Å². The molecular weight excluding hydrogens is 270 g/mol. The van der Waals surface area contributed by atoms with Gasteiger partial charge in [-0.15, -0.1) is 11.3 Å². The predicted octanol–water partition coefficient (Wildman–Crippen LogP) is 3.65. The van der Waals surface area contributed by atoms with E-state index in [4.69, 9.17) is 15.2 Å².